The van der Waals surface area contributed by atoms with E-state index in [1.807, 2.05) is 26.2 Å². The van der Waals surface area contributed by atoms with E-state index < -0.39 is 31.7 Å². The molecule has 0 saturated carbocycles. The topological polar surface area (TPSA) is 47.9 Å². The van der Waals surface area contributed by atoms with Gasteiger partial charge in [-0.15, -0.1) is 0 Å². The van der Waals surface area contributed by atoms with Crippen LogP contribution >= 0.6 is 0 Å². The normalized spacial score (nSPS) is 15.6. The van der Waals surface area contributed by atoms with Gasteiger partial charge in [0.25, 0.3) is 0 Å². The molecule has 1 N–H and O–H groups in total. The van der Waals surface area contributed by atoms with Gasteiger partial charge in [-0.25, -0.2) is 0 Å². The van der Waals surface area contributed by atoms with Crippen LogP contribution < -0.4 is 0 Å². The van der Waals surface area contributed by atoms with Gasteiger partial charge in [-0.05, 0) is 58.3 Å². The maximum absolute atomic E-state index is 9.71. The molecule has 7 heteroatoms. The number of aliphatic hydroxyl groups is 1. The Morgan fingerprint density at radius 1 is 0.944 bits per heavy atom. The predicted octanol–water partition coefficient (Wildman–Crippen LogP) is 3.17. The summed E-state index contributed by atoms with van der Waals surface area (Å²) in [6.07, 6.45) is -0.955. The molecular formula is C11H28O4Si3. The average molecular weight is 309 g/mol. The molecule has 1 atom stereocenters. The maximum Gasteiger partial charge on any atom is 0.325 e. The molecule has 0 spiro atoms. The lowest BCUT2D eigenvalue weighted by molar-refractivity contribution is -0.00686. The largest absolute Gasteiger partial charge is 0.437 e. The highest BCUT2D eigenvalue weighted by Crippen LogP contribution is 2.22. The molecule has 4 nitrogen and oxygen atoms in total. The maximum atomic E-state index is 9.71. The minimum atomic E-state index is -2.42. The summed E-state index contributed by atoms with van der Waals surface area (Å²) < 4.78 is 17.8. The third-order valence-corrected chi connectivity index (χ3v) is 11.0. The van der Waals surface area contributed by atoms with E-state index in [4.69, 9.17) is 12.7 Å². The van der Waals surface area contributed by atoms with Crippen molar-refractivity contribution in [2.24, 2.45) is 0 Å². The third-order valence-electron chi connectivity index (χ3n) is 1.86. The van der Waals surface area contributed by atoms with Crippen LogP contribution in [-0.2, 0) is 12.7 Å². The first kappa shape index (κ1) is 18.2. The highest BCUT2D eigenvalue weighted by molar-refractivity contribution is 6.85. The van der Waals surface area contributed by atoms with Gasteiger partial charge in [0.05, 0.1) is 0 Å². The van der Waals surface area contributed by atoms with Crippen LogP contribution in [-0.4, -0.2) is 36.8 Å². The molecule has 18 heavy (non-hydrogen) atoms. The second kappa shape index (κ2) is 6.12. The fourth-order valence-corrected chi connectivity index (χ4v) is 13.9. The predicted molar refractivity (Wildman–Crippen MR) is 82.4 cm³/mol. The van der Waals surface area contributed by atoms with Crippen molar-refractivity contribution >= 4 is 25.4 Å². The Morgan fingerprint density at radius 3 is 1.72 bits per heavy atom. The van der Waals surface area contributed by atoms with E-state index in [1.54, 1.807) is 6.92 Å². The summed E-state index contributed by atoms with van der Waals surface area (Å²) in [5.74, 6) is 0. The zero-order valence-corrected chi connectivity index (χ0v) is 16.0. The van der Waals surface area contributed by atoms with Crippen molar-refractivity contribution in [3.05, 3.63) is 12.2 Å². The van der Waals surface area contributed by atoms with Gasteiger partial charge in [-0.2, -0.15) is 0 Å². The lowest BCUT2D eigenvalue weighted by Crippen LogP contribution is -2.53. The van der Waals surface area contributed by atoms with Crippen molar-refractivity contribution < 1.29 is 17.8 Å². The molecule has 1 unspecified atom stereocenters. The molecule has 0 amide bonds. The third kappa shape index (κ3) is 8.35. The highest BCUT2D eigenvalue weighted by atomic mass is 28.5. The Hall–Kier alpha value is 0.231. The van der Waals surface area contributed by atoms with E-state index in [2.05, 4.69) is 26.2 Å². The summed E-state index contributed by atoms with van der Waals surface area (Å²) in [6, 6.07) is 0. The molecule has 0 aliphatic heterocycles. The van der Waals surface area contributed by atoms with E-state index in [9.17, 15) is 5.11 Å². The van der Waals surface area contributed by atoms with Crippen LogP contribution in [0.5, 0.6) is 0 Å². The number of hydrogen-bond acceptors (Lipinski definition) is 4. The Bertz CT molecular complexity index is 297. The van der Waals surface area contributed by atoms with Crippen molar-refractivity contribution in [3.8, 4) is 0 Å². The van der Waals surface area contributed by atoms with Gasteiger partial charge >= 0.3 is 17.1 Å². The SMILES string of the molecule is C=C(C)C(O)O[Si](C)(C)O[Si](C)(C)O[Si](C)(C)C. The fraction of sp³-hybridized carbons (Fsp3) is 0.818. The minimum Gasteiger partial charge on any atom is -0.437 e. The molecule has 0 bridgehead atoms. The van der Waals surface area contributed by atoms with Gasteiger partial charge in [0.15, 0.2) is 14.6 Å². The van der Waals surface area contributed by atoms with Gasteiger partial charge in [0.1, 0.15) is 0 Å². The van der Waals surface area contributed by atoms with Gasteiger partial charge < -0.3 is 17.8 Å². The van der Waals surface area contributed by atoms with Crippen LogP contribution in [0.3, 0.4) is 0 Å². The van der Waals surface area contributed by atoms with Gasteiger partial charge in [0.2, 0.25) is 0 Å². The second-order valence-electron chi connectivity index (χ2n) is 6.43. The first-order chi connectivity index (χ1) is 7.74. The van der Waals surface area contributed by atoms with E-state index in [0.717, 1.165) is 0 Å². The van der Waals surface area contributed by atoms with E-state index in [0.29, 0.717) is 5.57 Å². The molecule has 0 heterocycles. The number of hydrogen-bond donors (Lipinski definition) is 1. The monoisotopic (exact) mass is 308 g/mol. The number of rotatable bonds is 7. The minimum absolute atomic E-state index is 0.588. The van der Waals surface area contributed by atoms with E-state index in [1.165, 1.54) is 0 Å². The van der Waals surface area contributed by atoms with Crippen LogP contribution in [0, 0.1) is 0 Å². The Labute approximate surface area is 115 Å². The van der Waals surface area contributed by atoms with Crippen LogP contribution in [0.25, 0.3) is 0 Å². The second-order valence-corrected chi connectivity index (χ2v) is 18.1. The van der Waals surface area contributed by atoms with Crippen molar-refractivity contribution in [2.75, 3.05) is 0 Å². The summed E-state index contributed by atoms with van der Waals surface area (Å²) in [4.78, 5) is 0. The Kier molecular flexibility index (Phi) is 6.20. The Balaban J connectivity index is 4.60. The van der Waals surface area contributed by atoms with Crippen molar-refractivity contribution in [1.82, 2.24) is 0 Å². The molecule has 0 aliphatic rings. The quantitative estimate of drug-likeness (QED) is 0.446. The molecular weight excluding hydrogens is 280 g/mol. The summed E-state index contributed by atoms with van der Waals surface area (Å²) in [6.45, 7) is 19.7. The fourth-order valence-electron chi connectivity index (χ4n) is 1.74. The molecule has 0 aromatic carbocycles. The van der Waals surface area contributed by atoms with Crippen LogP contribution in [0.2, 0.25) is 45.8 Å². The summed E-state index contributed by atoms with van der Waals surface area (Å²) in [5, 5.41) is 9.71. The standard InChI is InChI=1S/C11H28O4Si3/c1-10(2)11(12)13-17(6,7)15-18(8,9)14-16(3,4)5/h11-12H,1H2,2-9H3. The van der Waals surface area contributed by atoms with Crippen LogP contribution in [0.15, 0.2) is 12.2 Å². The summed E-state index contributed by atoms with van der Waals surface area (Å²) in [7, 11) is -6.27. The van der Waals surface area contributed by atoms with Crippen molar-refractivity contribution in [2.45, 2.75) is 59.0 Å². The van der Waals surface area contributed by atoms with Crippen LogP contribution in [0.1, 0.15) is 6.92 Å². The van der Waals surface area contributed by atoms with Crippen LogP contribution in [0.4, 0.5) is 0 Å². The molecule has 0 aromatic heterocycles. The smallest absolute Gasteiger partial charge is 0.325 e. The van der Waals surface area contributed by atoms with Crippen molar-refractivity contribution in [1.29, 1.82) is 0 Å². The van der Waals surface area contributed by atoms with Gasteiger partial charge in [0, 0.05) is 0 Å². The molecule has 0 aromatic rings. The zero-order valence-electron chi connectivity index (χ0n) is 13.0. The summed E-state index contributed by atoms with van der Waals surface area (Å²) >= 11 is 0. The molecule has 0 rings (SSSR count). The van der Waals surface area contributed by atoms with Gasteiger partial charge in [-0.1, -0.05) is 6.58 Å². The molecule has 0 aliphatic carbocycles. The van der Waals surface area contributed by atoms with E-state index in [-0.39, 0.29) is 0 Å². The molecule has 0 radical (unpaired) electrons. The Morgan fingerprint density at radius 2 is 1.39 bits per heavy atom. The number of aliphatic hydroxyl groups excluding tert-OH is 1. The molecule has 108 valence electrons. The highest BCUT2D eigenvalue weighted by Gasteiger charge is 2.40. The van der Waals surface area contributed by atoms with E-state index >= 15 is 0 Å². The first-order valence-corrected chi connectivity index (χ1v) is 15.2. The molecule has 0 fully saturated rings. The first-order valence-electron chi connectivity index (χ1n) is 6.16. The molecule has 0 saturated heterocycles. The van der Waals surface area contributed by atoms with Crippen molar-refractivity contribution in [3.63, 3.8) is 0 Å². The average Bonchev–Trinajstić information content (AvgIpc) is 1.93. The van der Waals surface area contributed by atoms with Gasteiger partial charge in [-0.3, -0.25) is 0 Å². The lowest BCUT2D eigenvalue weighted by Gasteiger charge is -2.37. The lowest BCUT2D eigenvalue weighted by atomic mass is 10.3. The zero-order chi connectivity index (χ0) is 14.8. The summed E-state index contributed by atoms with van der Waals surface area (Å²) in [5.41, 5.74) is 0.588.